The van der Waals surface area contributed by atoms with Crippen molar-refractivity contribution in [3.63, 3.8) is 0 Å². The van der Waals surface area contributed by atoms with E-state index >= 15 is 0 Å². The Bertz CT molecular complexity index is 326. The topological polar surface area (TPSA) is 35.2 Å². The molecule has 0 spiro atoms. The summed E-state index contributed by atoms with van der Waals surface area (Å²) in [5.74, 6) is -0.0389. The second-order valence-corrected chi connectivity index (χ2v) is 3.71. The second kappa shape index (κ2) is 5.21. The molecule has 0 amide bonds. The van der Waals surface area contributed by atoms with Crippen LogP contribution in [0.1, 0.15) is 25.7 Å². The van der Waals surface area contributed by atoms with Gasteiger partial charge in [-0.05, 0) is 37.8 Å². The molecule has 1 aromatic rings. The van der Waals surface area contributed by atoms with Gasteiger partial charge in [0.1, 0.15) is 0 Å². The fourth-order valence-electron chi connectivity index (χ4n) is 1.80. The first-order valence-electron chi connectivity index (χ1n) is 4.97. The van der Waals surface area contributed by atoms with E-state index in [2.05, 4.69) is 0 Å². The maximum atomic E-state index is 13.3. The molecule has 0 aromatic heterocycles. The van der Waals surface area contributed by atoms with Crippen LogP contribution in [0, 0.1) is 5.82 Å². The summed E-state index contributed by atoms with van der Waals surface area (Å²) in [6, 6.07) is 4.56. The number of halogens is 2. The molecular weight excluding hydrogens is 217 g/mol. The summed E-state index contributed by atoms with van der Waals surface area (Å²) < 4.78 is 18.8. The van der Waals surface area contributed by atoms with E-state index in [4.69, 9.17) is 10.5 Å². The average Bonchev–Trinajstić information content (AvgIpc) is 2.62. The van der Waals surface area contributed by atoms with Gasteiger partial charge in [0.2, 0.25) is 0 Å². The Kier molecular flexibility index (Phi) is 4.21. The van der Waals surface area contributed by atoms with Crippen molar-refractivity contribution in [1.82, 2.24) is 0 Å². The highest BCUT2D eigenvalue weighted by Crippen LogP contribution is 2.26. The zero-order valence-corrected chi connectivity index (χ0v) is 9.23. The third-order valence-electron chi connectivity index (χ3n) is 2.55. The monoisotopic (exact) mass is 231 g/mol. The van der Waals surface area contributed by atoms with Gasteiger partial charge in [-0.3, -0.25) is 0 Å². The molecule has 2 N–H and O–H groups in total. The molecule has 15 heavy (non-hydrogen) atoms. The van der Waals surface area contributed by atoms with E-state index in [9.17, 15) is 4.39 Å². The van der Waals surface area contributed by atoms with E-state index in [1.165, 1.54) is 18.9 Å². The standard InChI is InChI=1S/C11H14FNO.ClH/c12-10-7-8(13)5-6-11(10)14-9-3-1-2-4-9;/h5-7,9H,1-4,13H2;1H. The van der Waals surface area contributed by atoms with Crippen molar-refractivity contribution in [3.8, 4) is 5.75 Å². The van der Waals surface area contributed by atoms with E-state index in [0.29, 0.717) is 11.4 Å². The minimum absolute atomic E-state index is 0. The van der Waals surface area contributed by atoms with Gasteiger partial charge in [0.15, 0.2) is 11.6 Å². The van der Waals surface area contributed by atoms with E-state index in [-0.39, 0.29) is 24.3 Å². The molecule has 0 unspecified atom stereocenters. The maximum absolute atomic E-state index is 13.3. The lowest BCUT2D eigenvalue weighted by Gasteiger charge is -2.13. The lowest BCUT2D eigenvalue weighted by atomic mass is 10.2. The maximum Gasteiger partial charge on any atom is 0.167 e. The molecule has 4 heteroatoms. The molecule has 0 bridgehead atoms. The summed E-state index contributed by atoms with van der Waals surface area (Å²) in [6.07, 6.45) is 4.61. The molecule has 2 rings (SSSR count). The minimum atomic E-state index is -0.364. The number of ether oxygens (including phenoxy) is 1. The SMILES string of the molecule is Cl.Nc1ccc(OC2CCCC2)c(F)c1. The van der Waals surface area contributed by atoms with Crippen molar-refractivity contribution in [3.05, 3.63) is 24.0 Å². The highest BCUT2D eigenvalue weighted by Gasteiger charge is 2.17. The van der Waals surface area contributed by atoms with Crippen LogP contribution in [0.5, 0.6) is 5.75 Å². The van der Waals surface area contributed by atoms with Crippen LogP contribution in [0.4, 0.5) is 10.1 Å². The normalized spacial score (nSPS) is 16.1. The van der Waals surface area contributed by atoms with Crippen LogP contribution >= 0.6 is 12.4 Å². The summed E-state index contributed by atoms with van der Waals surface area (Å²) >= 11 is 0. The van der Waals surface area contributed by atoms with Crippen LogP contribution in [0.3, 0.4) is 0 Å². The minimum Gasteiger partial charge on any atom is -0.487 e. The Balaban J connectivity index is 0.00000112. The zero-order valence-electron chi connectivity index (χ0n) is 8.41. The smallest absolute Gasteiger partial charge is 0.167 e. The Hall–Kier alpha value is -0.960. The third kappa shape index (κ3) is 2.99. The molecule has 1 aromatic carbocycles. The van der Waals surface area contributed by atoms with Crippen molar-refractivity contribution >= 4 is 18.1 Å². The van der Waals surface area contributed by atoms with Gasteiger partial charge in [-0.25, -0.2) is 4.39 Å². The van der Waals surface area contributed by atoms with Gasteiger partial charge in [0.25, 0.3) is 0 Å². The van der Waals surface area contributed by atoms with Crippen molar-refractivity contribution in [2.75, 3.05) is 5.73 Å². The molecule has 84 valence electrons. The number of rotatable bonds is 2. The number of anilines is 1. The van der Waals surface area contributed by atoms with Gasteiger partial charge in [0.05, 0.1) is 6.10 Å². The number of nitrogens with two attached hydrogens (primary N) is 1. The van der Waals surface area contributed by atoms with E-state index in [1.807, 2.05) is 0 Å². The largest absolute Gasteiger partial charge is 0.487 e. The van der Waals surface area contributed by atoms with Gasteiger partial charge < -0.3 is 10.5 Å². The van der Waals surface area contributed by atoms with Crippen molar-refractivity contribution < 1.29 is 9.13 Å². The highest BCUT2D eigenvalue weighted by molar-refractivity contribution is 5.85. The van der Waals surface area contributed by atoms with Crippen LogP contribution in [-0.2, 0) is 0 Å². The van der Waals surface area contributed by atoms with Gasteiger partial charge in [-0.1, -0.05) is 0 Å². The van der Waals surface area contributed by atoms with Crippen molar-refractivity contribution in [2.45, 2.75) is 31.8 Å². The average molecular weight is 232 g/mol. The molecule has 0 heterocycles. The molecule has 0 atom stereocenters. The summed E-state index contributed by atoms with van der Waals surface area (Å²) in [7, 11) is 0. The Morgan fingerprint density at radius 3 is 2.53 bits per heavy atom. The molecule has 1 fully saturated rings. The molecular formula is C11H15ClFNO. The lowest BCUT2D eigenvalue weighted by molar-refractivity contribution is 0.201. The molecule has 1 saturated carbocycles. The quantitative estimate of drug-likeness (QED) is 0.794. The summed E-state index contributed by atoms with van der Waals surface area (Å²) in [6.45, 7) is 0. The molecule has 1 aliphatic rings. The van der Waals surface area contributed by atoms with Gasteiger partial charge in [-0.2, -0.15) is 0 Å². The number of nitrogen functional groups attached to an aromatic ring is 1. The Labute approximate surface area is 95.0 Å². The van der Waals surface area contributed by atoms with Gasteiger partial charge >= 0.3 is 0 Å². The Morgan fingerprint density at radius 1 is 1.27 bits per heavy atom. The first-order chi connectivity index (χ1) is 6.75. The fourth-order valence-corrected chi connectivity index (χ4v) is 1.80. The molecule has 0 radical (unpaired) electrons. The summed E-state index contributed by atoms with van der Waals surface area (Å²) in [4.78, 5) is 0. The number of benzene rings is 1. The molecule has 0 saturated heterocycles. The summed E-state index contributed by atoms with van der Waals surface area (Å²) in [5.41, 5.74) is 5.87. The lowest BCUT2D eigenvalue weighted by Crippen LogP contribution is -2.11. The van der Waals surface area contributed by atoms with Crippen LogP contribution in [0.25, 0.3) is 0 Å². The first kappa shape index (κ1) is 12.1. The van der Waals surface area contributed by atoms with Crippen LogP contribution in [0.15, 0.2) is 18.2 Å². The van der Waals surface area contributed by atoms with Crippen molar-refractivity contribution in [1.29, 1.82) is 0 Å². The third-order valence-corrected chi connectivity index (χ3v) is 2.55. The molecule has 1 aliphatic carbocycles. The summed E-state index contributed by atoms with van der Waals surface area (Å²) in [5, 5.41) is 0. The number of hydrogen-bond donors (Lipinski definition) is 1. The molecule has 2 nitrogen and oxygen atoms in total. The highest BCUT2D eigenvalue weighted by atomic mass is 35.5. The van der Waals surface area contributed by atoms with E-state index in [1.54, 1.807) is 12.1 Å². The number of hydrogen-bond acceptors (Lipinski definition) is 2. The second-order valence-electron chi connectivity index (χ2n) is 3.71. The van der Waals surface area contributed by atoms with Crippen LogP contribution in [0.2, 0.25) is 0 Å². The van der Waals surface area contributed by atoms with E-state index < -0.39 is 0 Å². The fraction of sp³-hybridized carbons (Fsp3) is 0.455. The zero-order chi connectivity index (χ0) is 9.97. The first-order valence-corrected chi connectivity index (χ1v) is 4.97. The van der Waals surface area contributed by atoms with Crippen LogP contribution < -0.4 is 10.5 Å². The van der Waals surface area contributed by atoms with Crippen LogP contribution in [-0.4, -0.2) is 6.10 Å². The predicted molar refractivity (Wildman–Crippen MR) is 60.9 cm³/mol. The molecule has 0 aliphatic heterocycles. The van der Waals surface area contributed by atoms with Gasteiger partial charge in [-0.15, -0.1) is 12.4 Å². The van der Waals surface area contributed by atoms with E-state index in [0.717, 1.165) is 12.8 Å². The van der Waals surface area contributed by atoms with Crippen molar-refractivity contribution in [2.24, 2.45) is 0 Å². The van der Waals surface area contributed by atoms with Gasteiger partial charge in [0, 0.05) is 11.8 Å². The Morgan fingerprint density at radius 2 is 1.93 bits per heavy atom. The predicted octanol–water partition coefficient (Wildman–Crippen LogP) is 3.15.